The number of hydrogen-bond acceptors (Lipinski definition) is 8. The third-order valence-electron chi connectivity index (χ3n) is 8.78. The molecule has 12 heteroatoms. The zero-order chi connectivity index (χ0) is 37.9. The van der Waals surface area contributed by atoms with Gasteiger partial charge in [-0.1, -0.05) is 24.3 Å². The lowest BCUT2D eigenvalue weighted by atomic mass is 9.88. The van der Waals surface area contributed by atoms with E-state index in [0.717, 1.165) is 0 Å². The van der Waals surface area contributed by atoms with E-state index in [9.17, 15) is 21.0 Å². The second-order valence-corrected chi connectivity index (χ2v) is 11.6. The number of hydrogen-bond donors (Lipinski definition) is 1. The van der Waals surface area contributed by atoms with Gasteiger partial charge in [-0.25, -0.2) is 34.3 Å². The molecule has 0 saturated heterocycles. The predicted octanol–water partition coefficient (Wildman–Crippen LogP) is 8.15. The molecular formula is C42H16N12. The summed E-state index contributed by atoms with van der Waals surface area (Å²) >= 11 is 0. The number of benzene rings is 3. The third kappa shape index (κ3) is 5.31. The van der Waals surface area contributed by atoms with Crippen molar-refractivity contribution in [3.8, 4) is 24.3 Å². The monoisotopic (exact) mass is 688 g/mol. The van der Waals surface area contributed by atoms with Gasteiger partial charge in [0.2, 0.25) is 11.4 Å². The molecule has 0 unspecified atom stereocenters. The van der Waals surface area contributed by atoms with Crippen LogP contribution in [0.15, 0.2) is 89.8 Å². The lowest BCUT2D eigenvalue weighted by molar-refractivity contribution is 1.01. The average Bonchev–Trinajstić information content (AvgIpc) is 3.72. The van der Waals surface area contributed by atoms with Crippen molar-refractivity contribution in [2.45, 2.75) is 0 Å². The number of nitrogens with one attached hydrogen (secondary N) is 1. The van der Waals surface area contributed by atoms with Gasteiger partial charge in [0.1, 0.15) is 23.8 Å². The molecule has 0 saturated carbocycles. The maximum absolute atomic E-state index is 10.8. The van der Waals surface area contributed by atoms with Crippen molar-refractivity contribution in [1.82, 2.24) is 15.3 Å². The molecule has 0 radical (unpaired) electrons. The van der Waals surface area contributed by atoms with Gasteiger partial charge in [0.25, 0.3) is 0 Å². The van der Waals surface area contributed by atoms with Gasteiger partial charge in [-0.3, -0.25) is 0 Å². The highest BCUT2D eigenvalue weighted by molar-refractivity contribution is 6.32. The predicted molar refractivity (Wildman–Crippen MR) is 200 cm³/mol. The number of allylic oxidation sites excluding steroid dienone is 4. The van der Waals surface area contributed by atoms with Gasteiger partial charge >= 0.3 is 0 Å². The van der Waals surface area contributed by atoms with Gasteiger partial charge in [0.05, 0.1) is 60.7 Å². The van der Waals surface area contributed by atoms with E-state index in [4.69, 9.17) is 26.3 Å². The number of aliphatic imine (C=N–C) groups is 1. The Morgan fingerprint density at radius 3 is 1.91 bits per heavy atom. The molecule has 4 aromatic rings. The van der Waals surface area contributed by atoms with Gasteiger partial charge in [-0.2, -0.15) is 21.0 Å². The van der Waals surface area contributed by atoms with Crippen molar-refractivity contribution >= 4 is 56.5 Å². The molecule has 2 aliphatic carbocycles. The van der Waals surface area contributed by atoms with Crippen molar-refractivity contribution in [3.63, 3.8) is 0 Å². The van der Waals surface area contributed by atoms with Gasteiger partial charge in [0.15, 0.2) is 11.4 Å². The summed E-state index contributed by atoms with van der Waals surface area (Å²) in [5.74, 6) is 0.461. The van der Waals surface area contributed by atoms with Gasteiger partial charge in [-0.05, 0) is 75.4 Å². The summed E-state index contributed by atoms with van der Waals surface area (Å²) in [6.07, 6.45) is 6.37. The standard InChI is InChI=1S/C42H16N12/c1-47-27-14-25(15-28(16-27)48-2)33(21-45)35-31-18-30-29(17-32(31)40(50-4)38(35)42-53-9-6-10-54-42)34(22-46)37(41-51-7-5-8-52-41)36(30)39(49-3)26-12-23(19-43)11-24(13-26)20-44/h5-7,9-18H,8H2,(H,51,52)/b35-33-,39-36+. The SMILES string of the molecule is [C-]#[N+]C1=C(c2ncccn2)/C(=C(/C#N)c2cc([N+]#[C-])cc([N+]#[C-])c2)c2cc3c(cc21)C(C#N)=C(C1=NC=CCN1)/C3=C(/[N+]#[C-])c1cc(C#N)cc(C#N)c1. The first-order valence-corrected chi connectivity index (χ1v) is 15.8. The molecule has 244 valence electrons. The molecule has 3 aliphatic rings. The highest BCUT2D eigenvalue weighted by Gasteiger charge is 2.39. The fraction of sp³-hybridized carbons (Fsp3) is 0.0238. The van der Waals surface area contributed by atoms with Crippen LogP contribution in [0.25, 0.3) is 58.6 Å². The molecule has 1 aliphatic heterocycles. The molecule has 0 atom stereocenters. The fourth-order valence-electron chi connectivity index (χ4n) is 6.64. The topological polar surface area (TPSA) is 163 Å². The summed E-state index contributed by atoms with van der Waals surface area (Å²) in [5.41, 5.74) is 4.09. The number of rotatable bonds is 4. The Labute approximate surface area is 308 Å². The molecule has 3 aromatic carbocycles. The molecule has 0 bridgehead atoms. The van der Waals surface area contributed by atoms with Crippen molar-refractivity contribution in [1.29, 1.82) is 21.0 Å². The molecule has 0 fully saturated rings. The van der Waals surface area contributed by atoms with E-state index < -0.39 is 0 Å². The van der Waals surface area contributed by atoms with Crippen LogP contribution in [-0.4, -0.2) is 22.3 Å². The van der Waals surface area contributed by atoms with Gasteiger partial charge in [-0.15, -0.1) is 0 Å². The molecule has 0 amide bonds. The maximum atomic E-state index is 10.8. The Kier molecular flexibility index (Phi) is 8.41. The zero-order valence-corrected chi connectivity index (χ0v) is 27.6. The fourth-order valence-corrected chi connectivity index (χ4v) is 6.64. The van der Waals surface area contributed by atoms with E-state index >= 15 is 0 Å². The first-order valence-electron chi connectivity index (χ1n) is 15.8. The van der Waals surface area contributed by atoms with E-state index in [1.54, 1.807) is 30.5 Å². The molecule has 1 N–H and O–H groups in total. The minimum absolute atomic E-state index is 0.0320. The summed E-state index contributed by atoms with van der Waals surface area (Å²) in [7, 11) is 0. The molecule has 12 nitrogen and oxygen atoms in total. The molecule has 7 rings (SSSR count). The van der Waals surface area contributed by atoms with Crippen LogP contribution >= 0.6 is 0 Å². The Bertz CT molecular complexity index is 2890. The van der Waals surface area contributed by atoms with Crippen LogP contribution in [0, 0.1) is 71.6 Å². The van der Waals surface area contributed by atoms with Crippen molar-refractivity contribution < 1.29 is 0 Å². The molecule has 2 heterocycles. The first-order chi connectivity index (χ1) is 26.4. The number of fused-ring (bicyclic) bond motifs is 2. The van der Waals surface area contributed by atoms with Gasteiger partial charge in [0, 0.05) is 41.9 Å². The van der Waals surface area contributed by atoms with E-state index in [2.05, 4.69) is 51.8 Å². The second-order valence-electron chi connectivity index (χ2n) is 11.6. The Hall–Kier alpha value is -9.17. The van der Waals surface area contributed by atoms with Crippen LogP contribution in [0.4, 0.5) is 11.4 Å². The molecule has 54 heavy (non-hydrogen) atoms. The maximum Gasteiger partial charge on any atom is 0.206 e. The Morgan fingerprint density at radius 1 is 0.685 bits per heavy atom. The Balaban J connectivity index is 1.65. The Morgan fingerprint density at radius 2 is 1.35 bits per heavy atom. The van der Waals surface area contributed by atoms with Crippen LogP contribution in [0.5, 0.6) is 0 Å². The number of aromatic nitrogens is 2. The molecule has 0 spiro atoms. The van der Waals surface area contributed by atoms with Crippen LogP contribution in [0.3, 0.4) is 0 Å². The van der Waals surface area contributed by atoms with Crippen molar-refractivity contribution in [3.05, 3.63) is 181 Å². The highest BCUT2D eigenvalue weighted by Crippen LogP contribution is 2.54. The van der Waals surface area contributed by atoms with Gasteiger partial charge < -0.3 is 5.32 Å². The van der Waals surface area contributed by atoms with Crippen molar-refractivity contribution in [2.75, 3.05) is 6.54 Å². The largest absolute Gasteiger partial charge is 0.366 e. The van der Waals surface area contributed by atoms with Crippen LogP contribution in [-0.2, 0) is 0 Å². The van der Waals surface area contributed by atoms with E-state index in [1.807, 2.05) is 12.1 Å². The summed E-state index contributed by atoms with van der Waals surface area (Å²) in [6.45, 7) is 32.5. The normalized spacial score (nSPS) is 15.3. The first kappa shape index (κ1) is 33.3. The zero-order valence-electron chi connectivity index (χ0n) is 27.6. The third-order valence-corrected chi connectivity index (χ3v) is 8.78. The summed E-state index contributed by atoms with van der Waals surface area (Å²) in [5, 5.41) is 44.4. The number of nitrogens with zero attached hydrogens (tertiary/aromatic N) is 11. The van der Waals surface area contributed by atoms with Crippen LogP contribution in [0.1, 0.15) is 50.3 Å². The van der Waals surface area contributed by atoms with Crippen LogP contribution in [0.2, 0.25) is 0 Å². The minimum atomic E-state index is 0.0320. The highest BCUT2D eigenvalue weighted by atomic mass is 15.0. The lowest BCUT2D eigenvalue weighted by Crippen LogP contribution is -2.27. The van der Waals surface area contributed by atoms with Crippen molar-refractivity contribution in [2.24, 2.45) is 4.99 Å². The van der Waals surface area contributed by atoms with E-state index in [-0.39, 0.29) is 78.7 Å². The summed E-state index contributed by atoms with van der Waals surface area (Å²) in [6, 6.07) is 22.4. The number of nitriles is 4. The minimum Gasteiger partial charge on any atom is -0.366 e. The number of amidine groups is 1. The summed E-state index contributed by atoms with van der Waals surface area (Å²) in [4.78, 5) is 28.2. The quantitative estimate of drug-likeness (QED) is 0.167. The van der Waals surface area contributed by atoms with E-state index in [0.29, 0.717) is 40.2 Å². The average molecular weight is 689 g/mol. The molecular weight excluding hydrogens is 673 g/mol. The lowest BCUT2D eigenvalue weighted by Gasteiger charge is -2.17. The smallest absolute Gasteiger partial charge is 0.206 e. The summed E-state index contributed by atoms with van der Waals surface area (Å²) < 4.78 is 0. The second kappa shape index (κ2) is 13.6. The van der Waals surface area contributed by atoms with E-state index in [1.165, 1.54) is 48.8 Å². The molecule has 1 aromatic heterocycles. The van der Waals surface area contributed by atoms with Crippen LogP contribution < -0.4 is 5.32 Å².